The molecule has 6 nitrogen and oxygen atoms in total. The molecule has 0 radical (unpaired) electrons. The Bertz CT molecular complexity index is 1690. The number of carbonyl (C=O) groups excluding carboxylic acids is 2. The molecule has 51 heavy (non-hydrogen) atoms. The lowest BCUT2D eigenvalue weighted by Gasteiger charge is -2.42. The van der Waals surface area contributed by atoms with Crippen LogP contribution in [0.2, 0.25) is 0 Å². The van der Waals surface area contributed by atoms with E-state index in [1.165, 1.54) is 23.1 Å². The highest BCUT2D eigenvalue weighted by atomic mass is 32.2. The lowest BCUT2D eigenvalue weighted by atomic mass is 9.79. The number of esters is 1. The van der Waals surface area contributed by atoms with Crippen molar-refractivity contribution in [2.45, 2.75) is 131 Å². The van der Waals surface area contributed by atoms with Crippen molar-refractivity contribution < 1.29 is 24.2 Å². The van der Waals surface area contributed by atoms with E-state index in [1.54, 1.807) is 31.4 Å². The van der Waals surface area contributed by atoms with Gasteiger partial charge in [-0.25, -0.2) is 4.79 Å². The molecule has 1 amide bonds. The second-order valence-electron chi connectivity index (χ2n) is 17.9. The van der Waals surface area contributed by atoms with Crippen LogP contribution < -0.4 is 4.74 Å². The quantitative estimate of drug-likeness (QED) is 0.191. The zero-order valence-corrected chi connectivity index (χ0v) is 34.9. The van der Waals surface area contributed by atoms with Gasteiger partial charge in [0, 0.05) is 50.7 Å². The molecule has 3 aromatic carbocycles. The minimum absolute atomic E-state index is 0.0893. The third kappa shape index (κ3) is 9.29. The number of likely N-dealkylation sites (tertiary alicyclic amines) is 1. The van der Waals surface area contributed by atoms with E-state index >= 15 is 0 Å². The van der Waals surface area contributed by atoms with Crippen molar-refractivity contribution in [2.75, 3.05) is 27.3 Å². The number of ether oxygens (including phenoxy) is 2. The molecule has 278 valence electrons. The number of hydrogen-bond acceptors (Lipinski definition) is 7. The first-order valence-electron chi connectivity index (χ1n) is 17.9. The van der Waals surface area contributed by atoms with Crippen LogP contribution in [-0.2, 0) is 26.4 Å². The minimum atomic E-state index is -0.461. The number of amides is 1. The molecular weight excluding hydrogens is 675 g/mol. The van der Waals surface area contributed by atoms with Crippen LogP contribution in [0, 0.1) is 0 Å². The summed E-state index contributed by atoms with van der Waals surface area (Å²) in [6.45, 7) is 27.4. The first kappa shape index (κ1) is 40.7. The van der Waals surface area contributed by atoms with Crippen LogP contribution in [-0.4, -0.2) is 53.3 Å². The number of phenolic OH excluding ortho intramolecular Hbond substituents is 1. The molecule has 1 aliphatic rings. The van der Waals surface area contributed by atoms with Crippen LogP contribution in [0.1, 0.15) is 139 Å². The summed E-state index contributed by atoms with van der Waals surface area (Å²) in [5.74, 6) is 0.764. The van der Waals surface area contributed by atoms with Crippen molar-refractivity contribution in [3.63, 3.8) is 0 Å². The van der Waals surface area contributed by atoms with Crippen LogP contribution >= 0.6 is 23.5 Å². The lowest BCUT2D eigenvalue weighted by Crippen LogP contribution is -2.43. The van der Waals surface area contributed by atoms with Crippen molar-refractivity contribution in [1.29, 1.82) is 0 Å². The largest absolute Gasteiger partial charge is 0.507 e. The molecule has 0 bridgehead atoms. The Balaban J connectivity index is 1.83. The SMILES string of the molecule is COC(=O)c1cccc(C(=O)N2CCC(Sc3cc(C(C)(C)C)c(O)c(C(C)(C)C)c3)(Sc3cc(C(C)(C)C)c(OC)c(C(C)(C)C)c3)CC2)c1. The molecular formula is C43H59NO5S2. The summed E-state index contributed by atoms with van der Waals surface area (Å²) in [5.41, 5.74) is 4.27. The van der Waals surface area contributed by atoms with E-state index in [-0.39, 0.29) is 31.6 Å². The van der Waals surface area contributed by atoms with Crippen molar-refractivity contribution in [3.05, 3.63) is 81.9 Å². The molecule has 0 aliphatic carbocycles. The van der Waals surface area contributed by atoms with Gasteiger partial charge >= 0.3 is 5.97 Å². The van der Waals surface area contributed by atoms with Crippen molar-refractivity contribution >= 4 is 35.4 Å². The monoisotopic (exact) mass is 733 g/mol. The van der Waals surface area contributed by atoms with Crippen LogP contribution in [0.25, 0.3) is 0 Å². The van der Waals surface area contributed by atoms with Gasteiger partial charge in [0.05, 0.1) is 23.9 Å². The van der Waals surface area contributed by atoms with Gasteiger partial charge in [-0.1, -0.05) is 89.2 Å². The summed E-state index contributed by atoms with van der Waals surface area (Å²) in [4.78, 5) is 30.3. The predicted molar refractivity (Wildman–Crippen MR) is 213 cm³/mol. The molecule has 0 atom stereocenters. The maximum absolute atomic E-state index is 13.8. The Morgan fingerprint density at radius 3 is 1.47 bits per heavy atom. The summed E-state index contributed by atoms with van der Waals surface area (Å²) < 4.78 is 10.7. The smallest absolute Gasteiger partial charge is 0.337 e. The molecule has 1 N–H and O–H groups in total. The number of phenols is 1. The zero-order valence-electron chi connectivity index (χ0n) is 33.3. The van der Waals surface area contributed by atoms with Gasteiger partial charge in [-0.05, 0) is 77.0 Å². The van der Waals surface area contributed by atoms with Crippen LogP contribution in [0.15, 0.2) is 58.3 Å². The molecule has 8 heteroatoms. The van der Waals surface area contributed by atoms with Gasteiger partial charge in [-0.15, -0.1) is 23.5 Å². The zero-order chi connectivity index (χ0) is 38.3. The number of thioether (sulfide) groups is 2. The maximum Gasteiger partial charge on any atom is 0.337 e. The molecule has 1 fully saturated rings. The first-order chi connectivity index (χ1) is 23.4. The molecule has 0 aromatic heterocycles. The fourth-order valence-electron chi connectivity index (χ4n) is 6.59. The fraction of sp³-hybridized carbons (Fsp3) is 0.535. The summed E-state index contributed by atoms with van der Waals surface area (Å²) in [7, 11) is 3.11. The molecule has 0 spiro atoms. The standard InChI is InChI=1S/C43H59NO5S2/c1-39(2,3)31-23-29(24-32(35(31)45)40(4,5)6)50-43(51-30-25-33(41(7,8)9)36(48-13)34(26-30)42(10,11)12)18-20-44(21-19-43)37(46)27-16-15-17-28(22-27)38(47)49-14/h15-17,22-26,45H,18-21H2,1-14H3. The maximum atomic E-state index is 13.8. The van der Waals surface area contributed by atoms with Crippen molar-refractivity contribution in [1.82, 2.24) is 4.90 Å². The molecule has 0 saturated carbocycles. The lowest BCUT2D eigenvalue weighted by molar-refractivity contribution is 0.0600. The highest BCUT2D eigenvalue weighted by molar-refractivity contribution is 8.18. The van der Waals surface area contributed by atoms with Gasteiger partial charge in [0.2, 0.25) is 0 Å². The molecule has 0 unspecified atom stereocenters. The molecule has 3 aromatic rings. The number of methoxy groups -OCH3 is 2. The second kappa shape index (κ2) is 14.7. The van der Waals surface area contributed by atoms with Gasteiger partial charge in [-0.2, -0.15) is 0 Å². The number of benzene rings is 3. The first-order valence-corrected chi connectivity index (χ1v) is 19.5. The minimum Gasteiger partial charge on any atom is -0.507 e. The Morgan fingerprint density at radius 1 is 0.667 bits per heavy atom. The van der Waals surface area contributed by atoms with Gasteiger partial charge in [0.15, 0.2) is 0 Å². The van der Waals surface area contributed by atoms with Crippen molar-refractivity contribution in [3.8, 4) is 11.5 Å². The van der Waals surface area contributed by atoms with Gasteiger partial charge in [-0.3, -0.25) is 4.79 Å². The van der Waals surface area contributed by atoms with Crippen LogP contribution in [0.3, 0.4) is 0 Å². The van der Waals surface area contributed by atoms with Gasteiger partial charge in [0.25, 0.3) is 5.91 Å². The number of nitrogens with zero attached hydrogens (tertiary/aromatic N) is 1. The molecule has 1 heterocycles. The summed E-state index contributed by atoms with van der Waals surface area (Å²) in [6.07, 6.45) is 1.48. The summed E-state index contributed by atoms with van der Waals surface area (Å²) >= 11 is 3.74. The van der Waals surface area contributed by atoms with Crippen LogP contribution in [0.4, 0.5) is 0 Å². The van der Waals surface area contributed by atoms with E-state index in [0.717, 1.165) is 34.6 Å². The highest BCUT2D eigenvalue weighted by Crippen LogP contribution is 2.55. The molecule has 1 saturated heterocycles. The second-order valence-corrected chi connectivity index (χ2v) is 21.1. The third-order valence-corrected chi connectivity index (χ3v) is 12.5. The highest BCUT2D eigenvalue weighted by Gasteiger charge is 2.40. The normalized spacial score (nSPS) is 15.5. The third-order valence-electron chi connectivity index (χ3n) is 9.53. The molecule has 1 aliphatic heterocycles. The number of hydrogen-bond donors (Lipinski definition) is 1. The van der Waals surface area contributed by atoms with Gasteiger partial charge < -0.3 is 19.5 Å². The Kier molecular flexibility index (Phi) is 11.7. The summed E-state index contributed by atoms with van der Waals surface area (Å²) in [5, 5.41) is 11.5. The average molecular weight is 734 g/mol. The van der Waals surface area contributed by atoms with Crippen molar-refractivity contribution in [2.24, 2.45) is 0 Å². The Labute approximate surface area is 315 Å². The number of carbonyl (C=O) groups is 2. The topological polar surface area (TPSA) is 76.1 Å². The number of piperidine rings is 1. The Morgan fingerprint density at radius 2 is 1.08 bits per heavy atom. The van der Waals surface area contributed by atoms with Gasteiger partial charge in [0.1, 0.15) is 11.5 Å². The summed E-state index contributed by atoms with van der Waals surface area (Å²) in [6, 6.07) is 15.7. The fourth-order valence-corrected chi connectivity index (χ4v) is 9.67. The van der Waals surface area contributed by atoms with E-state index in [9.17, 15) is 14.7 Å². The van der Waals surface area contributed by atoms with Crippen LogP contribution in [0.5, 0.6) is 11.5 Å². The van der Waals surface area contributed by atoms with E-state index in [4.69, 9.17) is 9.47 Å². The van der Waals surface area contributed by atoms with E-state index < -0.39 is 5.97 Å². The van der Waals surface area contributed by atoms with E-state index in [1.807, 2.05) is 28.4 Å². The number of aromatic hydroxyl groups is 1. The Hall–Kier alpha value is -3.10. The average Bonchev–Trinajstić information content (AvgIpc) is 3.03. The molecule has 4 rings (SSSR count). The van der Waals surface area contributed by atoms with E-state index in [2.05, 4.69) is 107 Å². The van der Waals surface area contributed by atoms with E-state index in [0.29, 0.717) is 30.0 Å². The predicted octanol–water partition coefficient (Wildman–Crippen LogP) is 10.9. The number of rotatable bonds is 7.